The topological polar surface area (TPSA) is 44.7 Å². The minimum atomic E-state index is 0.230. The second kappa shape index (κ2) is 6.14. The van der Waals surface area contributed by atoms with Crippen molar-refractivity contribution in [3.63, 3.8) is 0 Å². The Hall–Kier alpha value is -0.160. The molecule has 17 heavy (non-hydrogen) atoms. The fourth-order valence-electron chi connectivity index (χ4n) is 2.63. The molecule has 0 aromatic carbocycles. The summed E-state index contributed by atoms with van der Waals surface area (Å²) < 4.78 is 5.52. The molecular formula is C13H26N2O2. The Balaban J connectivity index is 1.76. The Labute approximate surface area is 104 Å². The summed E-state index contributed by atoms with van der Waals surface area (Å²) in [4.78, 5) is 2.42. The lowest BCUT2D eigenvalue weighted by molar-refractivity contribution is -0.00928. The number of piperidine rings is 1. The largest absolute Gasteiger partial charge is 0.395 e. The lowest BCUT2D eigenvalue weighted by atomic mass is 9.95. The van der Waals surface area contributed by atoms with E-state index in [1.54, 1.807) is 7.11 Å². The van der Waals surface area contributed by atoms with Gasteiger partial charge in [-0.05, 0) is 31.7 Å². The number of nitrogens with zero attached hydrogens (tertiary/aromatic N) is 1. The molecule has 0 bridgehead atoms. The van der Waals surface area contributed by atoms with Crippen LogP contribution in [0.4, 0.5) is 0 Å². The van der Waals surface area contributed by atoms with Gasteiger partial charge in [0, 0.05) is 32.3 Å². The van der Waals surface area contributed by atoms with Gasteiger partial charge in [0.05, 0.1) is 12.7 Å². The van der Waals surface area contributed by atoms with Crippen LogP contribution in [0.5, 0.6) is 0 Å². The van der Waals surface area contributed by atoms with Gasteiger partial charge in [-0.25, -0.2) is 0 Å². The molecule has 2 aliphatic rings. The number of methoxy groups -OCH3 is 1. The molecule has 4 heteroatoms. The molecule has 100 valence electrons. The zero-order chi connectivity index (χ0) is 12.3. The van der Waals surface area contributed by atoms with Gasteiger partial charge in [0.15, 0.2) is 0 Å². The van der Waals surface area contributed by atoms with Crippen LogP contribution in [0.25, 0.3) is 0 Å². The molecule has 2 N–H and O–H groups in total. The van der Waals surface area contributed by atoms with Crippen molar-refractivity contribution >= 4 is 0 Å². The van der Waals surface area contributed by atoms with Crippen LogP contribution in [-0.4, -0.2) is 61.5 Å². The average molecular weight is 242 g/mol. The van der Waals surface area contributed by atoms with E-state index in [-0.39, 0.29) is 12.6 Å². The predicted molar refractivity (Wildman–Crippen MR) is 68.0 cm³/mol. The maximum atomic E-state index is 9.39. The average Bonchev–Trinajstić information content (AvgIpc) is 3.14. The molecule has 2 rings (SSSR count). The van der Waals surface area contributed by atoms with Gasteiger partial charge < -0.3 is 15.2 Å². The molecule has 2 fully saturated rings. The molecule has 4 nitrogen and oxygen atoms in total. The minimum absolute atomic E-state index is 0.230. The summed E-state index contributed by atoms with van der Waals surface area (Å²) in [6.45, 7) is 5.57. The van der Waals surface area contributed by atoms with E-state index >= 15 is 0 Å². The lowest BCUT2D eigenvalue weighted by Gasteiger charge is -2.37. The predicted octanol–water partition coefficient (Wildman–Crippen LogP) is 0.456. The van der Waals surface area contributed by atoms with E-state index in [1.165, 1.54) is 19.3 Å². The molecule has 1 saturated heterocycles. The van der Waals surface area contributed by atoms with Crippen molar-refractivity contribution in [2.75, 3.05) is 33.4 Å². The molecule has 0 spiro atoms. The van der Waals surface area contributed by atoms with E-state index < -0.39 is 0 Å². The summed E-state index contributed by atoms with van der Waals surface area (Å²) in [6, 6.07) is 0.891. The van der Waals surface area contributed by atoms with Crippen molar-refractivity contribution in [3.8, 4) is 0 Å². The first-order chi connectivity index (χ1) is 8.22. The number of hydrogen-bond donors (Lipinski definition) is 2. The van der Waals surface area contributed by atoms with Crippen molar-refractivity contribution in [2.45, 2.75) is 44.4 Å². The normalized spacial score (nSPS) is 32.6. The monoisotopic (exact) mass is 242 g/mol. The molecular weight excluding hydrogens is 216 g/mol. The summed E-state index contributed by atoms with van der Waals surface area (Å²) in [5.74, 6) is 0.653. The van der Waals surface area contributed by atoms with Crippen LogP contribution in [0.3, 0.4) is 0 Å². The number of rotatable bonds is 6. The Bertz CT molecular complexity index is 233. The second-order valence-corrected chi connectivity index (χ2v) is 5.62. The molecule has 1 heterocycles. The minimum Gasteiger partial charge on any atom is -0.395 e. The highest BCUT2D eigenvalue weighted by Crippen LogP contribution is 2.21. The van der Waals surface area contributed by atoms with Gasteiger partial charge in [0.2, 0.25) is 0 Å². The Kier molecular flexibility index (Phi) is 4.79. The highest BCUT2D eigenvalue weighted by molar-refractivity contribution is 4.87. The first-order valence-corrected chi connectivity index (χ1v) is 6.85. The zero-order valence-electron chi connectivity index (χ0n) is 11.1. The number of hydrogen-bond acceptors (Lipinski definition) is 4. The first kappa shape index (κ1) is 13.3. The Morgan fingerprint density at radius 1 is 1.41 bits per heavy atom. The lowest BCUT2D eigenvalue weighted by Crippen LogP contribution is -2.50. The number of ether oxygens (including phenoxy) is 1. The first-order valence-electron chi connectivity index (χ1n) is 6.85. The number of likely N-dealkylation sites (tertiary alicyclic amines) is 1. The molecule has 0 amide bonds. The summed E-state index contributed by atoms with van der Waals surface area (Å²) >= 11 is 0. The third-order valence-corrected chi connectivity index (χ3v) is 4.02. The third-order valence-electron chi connectivity index (χ3n) is 4.02. The second-order valence-electron chi connectivity index (χ2n) is 5.62. The number of nitrogens with one attached hydrogen (secondary N) is 1. The van der Waals surface area contributed by atoms with E-state index in [4.69, 9.17) is 4.74 Å². The maximum absolute atomic E-state index is 9.39. The van der Waals surface area contributed by atoms with Gasteiger partial charge in [-0.2, -0.15) is 0 Å². The van der Waals surface area contributed by atoms with Gasteiger partial charge in [-0.3, -0.25) is 4.90 Å². The summed E-state index contributed by atoms with van der Waals surface area (Å²) in [7, 11) is 1.80. The van der Waals surface area contributed by atoms with Crippen LogP contribution in [0.2, 0.25) is 0 Å². The summed E-state index contributed by atoms with van der Waals surface area (Å²) in [5.41, 5.74) is 0. The van der Waals surface area contributed by atoms with Gasteiger partial charge in [0.25, 0.3) is 0 Å². The van der Waals surface area contributed by atoms with E-state index in [1.807, 2.05) is 0 Å². The van der Waals surface area contributed by atoms with E-state index in [0.717, 1.165) is 19.6 Å². The highest BCUT2D eigenvalue weighted by Gasteiger charge is 2.29. The fourth-order valence-corrected chi connectivity index (χ4v) is 2.63. The van der Waals surface area contributed by atoms with E-state index in [9.17, 15) is 5.11 Å². The van der Waals surface area contributed by atoms with Crippen molar-refractivity contribution < 1.29 is 9.84 Å². The van der Waals surface area contributed by atoms with Crippen molar-refractivity contribution in [1.82, 2.24) is 10.2 Å². The van der Waals surface area contributed by atoms with Crippen molar-refractivity contribution in [3.05, 3.63) is 0 Å². The number of aliphatic hydroxyl groups excluding tert-OH is 1. The molecule has 3 atom stereocenters. The van der Waals surface area contributed by atoms with Crippen LogP contribution in [0.1, 0.15) is 26.2 Å². The van der Waals surface area contributed by atoms with Gasteiger partial charge in [-0.1, -0.05) is 6.92 Å². The molecule has 1 aliphatic heterocycles. The van der Waals surface area contributed by atoms with Crippen LogP contribution in [0, 0.1) is 5.92 Å². The third kappa shape index (κ3) is 3.91. The fraction of sp³-hybridized carbons (Fsp3) is 1.00. The van der Waals surface area contributed by atoms with Crippen LogP contribution >= 0.6 is 0 Å². The van der Waals surface area contributed by atoms with E-state index in [0.29, 0.717) is 18.1 Å². The summed E-state index contributed by atoms with van der Waals surface area (Å²) in [5, 5.41) is 12.9. The smallest absolute Gasteiger partial charge is 0.0724 e. The molecule has 1 saturated carbocycles. The summed E-state index contributed by atoms with van der Waals surface area (Å²) in [6.07, 6.45) is 4.09. The quantitative estimate of drug-likeness (QED) is 0.710. The SMILES string of the molecule is COC1CN(CC(CO)NC2CC2)CCC1C. The zero-order valence-corrected chi connectivity index (χ0v) is 11.1. The standard InChI is InChI=1S/C13H26N2O2/c1-10-5-6-15(8-13(10)17-2)7-12(9-16)14-11-3-4-11/h10-14,16H,3-9H2,1-2H3. The van der Waals surface area contributed by atoms with Gasteiger partial charge in [-0.15, -0.1) is 0 Å². The maximum Gasteiger partial charge on any atom is 0.0724 e. The van der Waals surface area contributed by atoms with E-state index in [2.05, 4.69) is 17.1 Å². The Morgan fingerprint density at radius 2 is 2.18 bits per heavy atom. The molecule has 0 aromatic rings. The molecule has 0 radical (unpaired) electrons. The highest BCUT2D eigenvalue weighted by atomic mass is 16.5. The molecule has 3 unspecified atom stereocenters. The molecule has 0 aromatic heterocycles. The van der Waals surface area contributed by atoms with Crippen LogP contribution < -0.4 is 5.32 Å². The molecule has 1 aliphatic carbocycles. The Morgan fingerprint density at radius 3 is 2.76 bits per heavy atom. The van der Waals surface area contributed by atoms with Crippen molar-refractivity contribution in [2.24, 2.45) is 5.92 Å². The van der Waals surface area contributed by atoms with Gasteiger partial charge >= 0.3 is 0 Å². The number of aliphatic hydroxyl groups is 1. The van der Waals surface area contributed by atoms with Crippen LogP contribution in [-0.2, 0) is 4.74 Å². The van der Waals surface area contributed by atoms with Gasteiger partial charge in [0.1, 0.15) is 0 Å². The van der Waals surface area contributed by atoms with Crippen molar-refractivity contribution in [1.29, 1.82) is 0 Å². The van der Waals surface area contributed by atoms with Crippen LogP contribution in [0.15, 0.2) is 0 Å².